The smallest absolute Gasteiger partial charge is 0.387 e. The lowest BCUT2D eigenvalue weighted by atomic mass is 10.1. The summed E-state index contributed by atoms with van der Waals surface area (Å²) in [5, 5.41) is 5.08. The quantitative estimate of drug-likeness (QED) is 0.849. The molecule has 1 unspecified atom stereocenters. The highest BCUT2D eigenvalue weighted by molar-refractivity contribution is 6.01. The van der Waals surface area contributed by atoms with E-state index in [-0.39, 0.29) is 11.3 Å². The lowest BCUT2D eigenvalue weighted by Crippen LogP contribution is -2.41. The van der Waals surface area contributed by atoms with Gasteiger partial charge in [-0.2, -0.15) is 8.78 Å². The van der Waals surface area contributed by atoms with E-state index in [1.165, 1.54) is 37.6 Å². The van der Waals surface area contributed by atoms with Crippen LogP contribution in [0.25, 0.3) is 0 Å². The van der Waals surface area contributed by atoms with E-state index in [0.717, 1.165) is 0 Å². The molecule has 1 aromatic heterocycles. The standard InChI is InChI=1S/C16H16F2N2O4/c1-9-12(4-3-5-13(9)24-16(17)18)20-14(21)10(2)19-15(22)11-6-7-23-8-11/h3-8,10,16H,1-2H3,(H,19,22)(H,20,21). The fourth-order valence-corrected chi connectivity index (χ4v) is 1.95. The van der Waals surface area contributed by atoms with Crippen LogP contribution in [0.4, 0.5) is 14.5 Å². The van der Waals surface area contributed by atoms with Gasteiger partial charge in [-0.1, -0.05) is 6.07 Å². The summed E-state index contributed by atoms with van der Waals surface area (Å²) in [5.74, 6) is -0.986. The predicted molar refractivity (Wildman–Crippen MR) is 82.1 cm³/mol. The van der Waals surface area contributed by atoms with Gasteiger partial charge in [0, 0.05) is 11.3 Å². The molecule has 24 heavy (non-hydrogen) atoms. The van der Waals surface area contributed by atoms with Crippen molar-refractivity contribution in [2.24, 2.45) is 0 Å². The van der Waals surface area contributed by atoms with Crippen LogP contribution in [0.1, 0.15) is 22.8 Å². The SMILES string of the molecule is Cc1c(NC(=O)C(C)NC(=O)c2ccoc2)cccc1OC(F)F. The molecule has 0 aliphatic carbocycles. The van der Waals surface area contributed by atoms with Gasteiger partial charge in [-0.15, -0.1) is 0 Å². The summed E-state index contributed by atoms with van der Waals surface area (Å²) in [6.45, 7) is 0.0901. The minimum Gasteiger partial charge on any atom is -0.472 e. The third-order valence-electron chi connectivity index (χ3n) is 3.28. The van der Waals surface area contributed by atoms with Crippen molar-refractivity contribution in [3.63, 3.8) is 0 Å². The van der Waals surface area contributed by atoms with Crippen LogP contribution in [0.2, 0.25) is 0 Å². The Bertz CT molecular complexity index is 717. The molecule has 0 aliphatic rings. The topological polar surface area (TPSA) is 80.6 Å². The van der Waals surface area contributed by atoms with E-state index in [2.05, 4.69) is 15.4 Å². The normalized spacial score (nSPS) is 11.9. The average Bonchev–Trinajstić information content (AvgIpc) is 3.05. The van der Waals surface area contributed by atoms with Crippen LogP contribution in [-0.4, -0.2) is 24.5 Å². The molecule has 0 spiro atoms. The van der Waals surface area contributed by atoms with Gasteiger partial charge in [0.25, 0.3) is 5.91 Å². The zero-order valence-corrected chi connectivity index (χ0v) is 13.0. The number of nitrogens with one attached hydrogen (secondary N) is 2. The molecule has 0 aliphatic heterocycles. The molecule has 2 aromatic rings. The van der Waals surface area contributed by atoms with Crippen LogP contribution >= 0.6 is 0 Å². The highest BCUT2D eigenvalue weighted by Gasteiger charge is 2.19. The highest BCUT2D eigenvalue weighted by atomic mass is 19.3. The number of hydrogen-bond donors (Lipinski definition) is 2. The van der Waals surface area contributed by atoms with E-state index in [9.17, 15) is 18.4 Å². The Morgan fingerprint density at radius 3 is 2.62 bits per heavy atom. The number of anilines is 1. The van der Waals surface area contributed by atoms with Crippen LogP contribution in [0.15, 0.2) is 41.2 Å². The van der Waals surface area contributed by atoms with Crippen LogP contribution in [0.5, 0.6) is 5.75 Å². The molecular weight excluding hydrogens is 322 g/mol. The first kappa shape index (κ1) is 17.5. The maximum Gasteiger partial charge on any atom is 0.387 e. The number of alkyl halides is 2. The number of carbonyl (C=O) groups is 2. The van der Waals surface area contributed by atoms with Gasteiger partial charge in [-0.25, -0.2) is 0 Å². The molecule has 0 saturated heterocycles. The molecule has 6 nitrogen and oxygen atoms in total. The van der Waals surface area contributed by atoms with Gasteiger partial charge in [0.15, 0.2) is 0 Å². The Morgan fingerprint density at radius 1 is 1.25 bits per heavy atom. The molecule has 0 bridgehead atoms. The number of carbonyl (C=O) groups excluding carboxylic acids is 2. The van der Waals surface area contributed by atoms with E-state index >= 15 is 0 Å². The fourth-order valence-electron chi connectivity index (χ4n) is 1.95. The molecule has 2 rings (SSSR count). The van der Waals surface area contributed by atoms with Gasteiger partial charge < -0.3 is 19.8 Å². The number of furan rings is 1. The lowest BCUT2D eigenvalue weighted by Gasteiger charge is -2.16. The van der Waals surface area contributed by atoms with Crippen LogP contribution in [-0.2, 0) is 4.79 Å². The van der Waals surface area contributed by atoms with Crippen molar-refractivity contribution >= 4 is 17.5 Å². The average molecular weight is 338 g/mol. The molecule has 0 radical (unpaired) electrons. The Hall–Kier alpha value is -2.90. The van der Waals surface area contributed by atoms with Crippen molar-refractivity contribution in [2.45, 2.75) is 26.5 Å². The minimum absolute atomic E-state index is 0.0297. The first-order chi connectivity index (χ1) is 11.4. The van der Waals surface area contributed by atoms with E-state index in [4.69, 9.17) is 4.42 Å². The second kappa shape index (κ2) is 7.58. The first-order valence-electron chi connectivity index (χ1n) is 7.07. The summed E-state index contributed by atoms with van der Waals surface area (Å²) in [6.07, 6.45) is 2.60. The van der Waals surface area contributed by atoms with E-state index < -0.39 is 24.5 Å². The third kappa shape index (κ3) is 4.31. The van der Waals surface area contributed by atoms with Crippen molar-refractivity contribution in [2.75, 3.05) is 5.32 Å². The van der Waals surface area contributed by atoms with Crippen molar-refractivity contribution in [1.29, 1.82) is 0 Å². The van der Waals surface area contributed by atoms with E-state index in [0.29, 0.717) is 11.3 Å². The number of benzene rings is 1. The van der Waals surface area contributed by atoms with E-state index in [1.54, 1.807) is 13.0 Å². The largest absolute Gasteiger partial charge is 0.472 e. The van der Waals surface area contributed by atoms with Crippen molar-refractivity contribution in [3.05, 3.63) is 47.9 Å². The Morgan fingerprint density at radius 2 is 2.00 bits per heavy atom. The summed E-state index contributed by atoms with van der Waals surface area (Å²) in [7, 11) is 0. The van der Waals surface area contributed by atoms with Crippen molar-refractivity contribution in [1.82, 2.24) is 5.32 Å². The Kier molecular flexibility index (Phi) is 5.51. The zero-order valence-electron chi connectivity index (χ0n) is 13.0. The van der Waals surface area contributed by atoms with Gasteiger partial charge in [0.05, 0.1) is 11.8 Å². The van der Waals surface area contributed by atoms with Gasteiger partial charge in [-0.3, -0.25) is 9.59 Å². The molecule has 1 atom stereocenters. The molecule has 8 heteroatoms. The molecule has 1 aromatic carbocycles. The summed E-state index contributed by atoms with van der Waals surface area (Å²) < 4.78 is 33.8. The molecular formula is C16H16F2N2O4. The molecule has 2 amide bonds. The highest BCUT2D eigenvalue weighted by Crippen LogP contribution is 2.26. The zero-order chi connectivity index (χ0) is 17.7. The monoisotopic (exact) mass is 338 g/mol. The number of rotatable bonds is 6. The molecule has 0 saturated carbocycles. The van der Waals surface area contributed by atoms with Crippen LogP contribution in [0.3, 0.4) is 0 Å². The Balaban J connectivity index is 2.02. The molecule has 2 N–H and O–H groups in total. The number of halogens is 2. The lowest BCUT2D eigenvalue weighted by molar-refractivity contribution is -0.117. The number of ether oxygens (including phenoxy) is 1. The maximum atomic E-state index is 12.3. The predicted octanol–water partition coefficient (Wildman–Crippen LogP) is 2.95. The molecule has 1 heterocycles. The first-order valence-corrected chi connectivity index (χ1v) is 7.07. The van der Waals surface area contributed by atoms with E-state index in [1.807, 2.05) is 0 Å². The summed E-state index contributed by atoms with van der Waals surface area (Å²) in [4.78, 5) is 24.0. The summed E-state index contributed by atoms with van der Waals surface area (Å²) in [6, 6.07) is 5.04. The van der Waals surface area contributed by atoms with Gasteiger partial charge in [-0.05, 0) is 32.0 Å². The fraction of sp³-hybridized carbons (Fsp3) is 0.250. The second-order valence-electron chi connectivity index (χ2n) is 5.00. The number of hydrogen-bond acceptors (Lipinski definition) is 4. The molecule has 0 fully saturated rings. The Labute approximate surface area is 136 Å². The van der Waals surface area contributed by atoms with Crippen molar-refractivity contribution in [3.8, 4) is 5.75 Å². The summed E-state index contributed by atoms with van der Waals surface area (Å²) in [5.41, 5.74) is 0.972. The van der Waals surface area contributed by atoms with Crippen molar-refractivity contribution < 1.29 is 27.5 Å². The maximum absolute atomic E-state index is 12.3. The third-order valence-corrected chi connectivity index (χ3v) is 3.28. The molecule has 128 valence electrons. The number of amides is 2. The minimum atomic E-state index is -2.96. The van der Waals surface area contributed by atoms with Crippen LogP contribution in [0, 0.1) is 6.92 Å². The van der Waals surface area contributed by atoms with Gasteiger partial charge in [0.1, 0.15) is 18.1 Å². The van der Waals surface area contributed by atoms with Gasteiger partial charge >= 0.3 is 6.61 Å². The van der Waals surface area contributed by atoms with Crippen LogP contribution < -0.4 is 15.4 Å². The second-order valence-corrected chi connectivity index (χ2v) is 5.00. The van der Waals surface area contributed by atoms with Gasteiger partial charge in [0.2, 0.25) is 5.91 Å². The summed E-state index contributed by atoms with van der Waals surface area (Å²) >= 11 is 0.